The van der Waals surface area contributed by atoms with Gasteiger partial charge in [0.15, 0.2) is 7.28 Å². The van der Waals surface area contributed by atoms with Crippen LogP contribution in [0.1, 0.15) is 62.0 Å². The molecule has 2 aliphatic heterocycles. The Morgan fingerprint density at radius 3 is 2.19 bits per heavy atom. The Hall–Kier alpha value is -2.56. The molecule has 2 heterocycles. The van der Waals surface area contributed by atoms with E-state index in [1.54, 1.807) is 0 Å². The lowest BCUT2D eigenvalue weighted by atomic mass is 9.53. The number of hydrogen-bond acceptors (Lipinski definition) is 3. The highest BCUT2D eigenvalue weighted by Crippen LogP contribution is 2.33. The van der Waals surface area contributed by atoms with Gasteiger partial charge >= 0.3 is 0 Å². The minimum atomic E-state index is 0.215. The zero-order chi connectivity index (χ0) is 24.2. The van der Waals surface area contributed by atoms with E-state index in [9.17, 15) is 0 Å². The standard InChI is InChI=1S/C32H39BN2O/c1-3-11-24(12-4-1)34-25-13-5-2-6-14-26(20-19-25)35-21-22-36-31(23-35)32-27-15-7-9-17-29(27)33-30-18-10-8-16-28(30)32/h1,3-4,7-12,15-18,25-26,31-34H,2,5-6,13-14,19-23H2. The summed E-state index contributed by atoms with van der Waals surface area (Å²) < 4.78 is 6.58. The van der Waals surface area contributed by atoms with Crippen molar-refractivity contribution in [3.63, 3.8) is 0 Å². The van der Waals surface area contributed by atoms with Crippen LogP contribution in [-0.4, -0.2) is 50.1 Å². The van der Waals surface area contributed by atoms with Gasteiger partial charge in [0, 0.05) is 36.8 Å². The first-order chi connectivity index (χ1) is 17.8. The van der Waals surface area contributed by atoms with Crippen LogP contribution in [0.5, 0.6) is 0 Å². The molecular weight excluding hydrogens is 439 g/mol. The molecule has 0 amide bonds. The lowest BCUT2D eigenvalue weighted by molar-refractivity contribution is -0.0524. The van der Waals surface area contributed by atoms with Crippen LogP contribution in [0, 0.1) is 0 Å². The number of nitrogens with one attached hydrogen (secondary N) is 1. The molecule has 3 aromatic carbocycles. The quantitative estimate of drug-likeness (QED) is 0.545. The van der Waals surface area contributed by atoms with Crippen LogP contribution in [0.15, 0.2) is 78.9 Å². The number of nitrogens with zero attached hydrogens (tertiary/aromatic N) is 1. The SMILES string of the molecule is B1c2ccccc2C(C2CN(C3CCCCCC(Nc4ccccc4)CC3)CCO2)c2ccccc21. The molecule has 0 radical (unpaired) electrons. The zero-order valence-electron chi connectivity index (χ0n) is 21.4. The fraction of sp³-hybridized carbons (Fsp3) is 0.438. The van der Waals surface area contributed by atoms with Gasteiger partial charge in [0.1, 0.15) is 0 Å². The van der Waals surface area contributed by atoms with Gasteiger partial charge in [-0.05, 0) is 48.9 Å². The molecule has 3 aliphatic rings. The van der Waals surface area contributed by atoms with Crippen LogP contribution in [0.25, 0.3) is 0 Å². The van der Waals surface area contributed by atoms with Gasteiger partial charge in [0.2, 0.25) is 0 Å². The van der Waals surface area contributed by atoms with E-state index >= 15 is 0 Å². The predicted octanol–water partition coefficient (Wildman–Crippen LogP) is 4.81. The number of para-hydroxylation sites is 1. The van der Waals surface area contributed by atoms with E-state index in [1.807, 2.05) is 0 Å². The topological polar surface area (TPSA) is 24.5 Å². The predicted molar refractivity (Wildman–Crippen MR) is 152 cm³/mol. The van der Waals surface area contributed by atoms with Crippen LogP contribution in [0.3, 0.4) is 0 Å². The van der Waals surface area contributed by atoms with E-state index in [0.717, 1.165) is 27.0 Å². The van der Waals surface area contributed by atoms with Crippen molar-refractivity contribution in [1.82, 2.24) is 4.90 Å². The summed E-state index contributed by atoms with van der Waals surface area (Å²) in [5, 5.41) is 3.84. The Kier molecular flexibility index (Phi) is 7.43. The average Bonchev–Trinajstić information content (AvgIpc) is 3.05. The van der Waals surface area contributed by atoms with Gasteiger partial charge < -0.3 is 10.1 Å². The van der Waals surface area contributed by atoms with E-state index in [0.29, 0.717) is 18.0 Å². The molecule has 1 N–H and O–H groups in total. The summed E-state index contributed by atoms with van der Waals surface area (Å²) in [5.74, 6) is 0.331. The molecular formula is C32H39BN2O. The normalized spacial score (nSPS) is 25.4. The molecule has 0 spiro atoms. The summed E-state index contributed by atoms with van der Waals surface area (Å²) in [5.41, 5.74) is 7.16. The summed E-state index contributed by atoms with van der Waals surface area (Å²) in [7, 11) is 1.04. The molecule has 36 heavy (non-hydrogen) atoms. The maximum Gasteiger partial charge on any atom is 0.193 e. The highest BCUT2D eigenvalue weighted by molar-refractivity contribution is 6.69. The van der Waals surface area contributed by atoms with E-state index in [2.05, 4.69) is 89.1 Å². The number of rotatable bonds is 4. The van der Waals surface area contributed by atoms with Gasteiger partial charge in [-0.15, -0.1) is 0 Å². The van der Waals surface area contributed by atoms with Crippen molar-refractivity contribution in [2.24, 2.45) is 0 Å². The highest BCUT2D eigenvalue weighted by Gasteiger charge is 2.37. The first-order valence-corrected chi connectivity index (χ1v) is 14.2. The van der Waals surface area contributed by atoms with Crippen molar-refractivity contribution in [1.29, 1.82) is 0 Å². The fourth-order valence-corrected chi connectivity index (χ4v) is 6.91. The van der Waals surface area contributed by atoms with E-state index in [-0.39, 0.29) is 6.10 Å². The van der Waals surface area contributed by atoms with Gasteiger partial charge in [-0.1, -0.05) is 96.9 Å². The van der Waals surface area contributed by atoms with Crippen LogP contribution in [0.2, 0.25) is 0 Å². The molecule has 6 rings (SSSR count). The Labute approximate surface area is 217 Å². The van der Waals surface area contributed by atoms with E-state index in [4.69, 9.17) is 4.74 Å². The Morgan fingerprint density at radius 2 is 1.42 bits per heavy atom. The summed E-state index contributed by atoms with van der Waals surface area (Å²) in [4.78, 5) is 2.79. The zero-order valence-corrected chi connectivity index (χ0v) is 21.4. The summed E-state index contributed by atoms with van der Waals surface area (Å²) in [6, 6.07) is 30.1. The summed E-state index contributed by atoms with van der Waals surface area (Å²) >= 11 is 0. The molecule has 4 heteroatoms. The molecule has 1 aliphatic carbocycles. The number of benzene rings is 3. The van der Waals surface area contributed by atoms with E-state index < -0.39 is 0 Å². The van der Waals surface area contributed by atoms with Gasteiger partial charge in [-0.25, -0.2) is 0 Å². The van der Waals surface area contributed by atoms with Crippen LogP contribution in [-0.2, 0) is 4.74 Å². The van der Waals surface area contributed by atoms with Crippen molar-refractivity contribution in [2.75, 3.05) is 25.0 Å². The lowest BCUT2D eigenvalue weighted by Crippen LogP contribution is -2.52. The maximum atomic E-state index is 6.58. The lowest BCUT2D eigenvalue weighted by Gasteiger charge is -2.43. The van der Waals surface area contributed by atoms with Crippen LogP contribution < -0.4 is 16.2 Å². The third-order valence-electron chi connectivity index (χ3n) is 8.76. The number of fused-ring (bicyclic) bond motifs is 2. The van der Waals surface area contributed by atoms with Crippen molar-refractivity contribution >= 4 is 23.9 Å². The highest BCUT2D eigenvalue weighted by atomic mass is 16.5. The van der Waals surface area contributed by atoms with Crippen LogP contribution in [0.4, 0.5) is 5.69 Å². The van der Waals surface area contributed by atoms with Gasteiger partial charge in [-0.3, -0.25) is 4.90 Å². The molecule has 2 fully saturated rings. The number of hydrogen-bond donors (Lipinski definition) is 1. The Bertz CT molecular complexity index is 1090. The second-order valence-corrected chi connectivity index (χ2v) is 11.0. The van der Waals surface area contributed by atoms with Gasteiger partial charge in [0.05, 0.1) is 12.7 Å². The molecule has 3 nitrogen and oxygen atoms in total. The molecule has 186 valence electrons. The molecule has 3 atom stereocenters. The van der Waals surface area contributed by atoms with Crippen molar-refractivity contribution in [2.45, 2.75) is 69.1 Å². The number of ether oxygens (including phenoxy) is 1. The largest absolute Gasteiger partial charge is 0.382 e. The minimum Gasteiger partial charge on any atom is -0.382 e. The third-order valence-corrected chi connectivity index (χ3v) is 8.76. The first kappa shape index (κ1) is 23.8. The first-order valence-electron chi connectivity index (χ1n) is 14.2. The molecule has 1 saturated carbocycles. The molecule has 3 unspecified atom stereocenters. The number of anilines is 1. The third kappa shape index (κ3) is 5.26. The van der Waals surface area contributed by atoms with E-state index in [1.165, 1.54) is 72.7 Å². The van der Waals surface area contributed by atoms with Crippen molar-refractivity contribution in [3.05, 3.63) is 90.0 Å². The van der Waals surface area contributed by atoms with Crippen LogP contribution >= 0.6 is 0 Å². The Balaban J connectivity index is 1.19. The van der Waals surface area contributed by atoms with Gasteiger partial charge in [-0.2, -0.15) is 0 Å². The van der Waals surface area contributed by atoms with Crippen molar-refractivity contribution in [3.8, 4) is 0 Å². The monoisotopic (exact) mass is 478 g/mol. The fourth-order valence-electron chi connectivity index (χ4n) is 6.91. The average molecular weight is 478 g/mol. The molecule has 0 bridgehead atoms. The maximum absolute atomic E-state index is 6.58. The summed E-state index contributed by atoms with van der Waals surface area (Å²) in [6.45, 7) is 2.94. The number of morpholine rings is 1. The minimum absolute atomic E-state index is 0.215. The smallest absolute Gasteiger partial charge is 0.193 e. The molecule has 1 saturated heterocycles. The molecule has 3 aromatic rings. The van der Waals surface area contributed by atoms with Crippen molar-refractivity contribution < 1.29 is 4.74 Å². The van der Waals surface area contributed by atoms with Gasteiger partial charge in [0.25, 0.3) is 0 Å². The Morgan fingerprint density at radius 1 is 0.722 bits per heavy atom. The second-order valence-electron chi connectivity index (χ2n) is 11.0. The second kappa shape index (κ2) is 11.2. The summed E-state index contributed by atoms with van der Waals surface area (Å²) in [6.07, 6.45) is 9.36. The molecule has 0 aromatic heterocycles.